The fourth-order valence-electron chi connectivity index (χ4n) is 3.04. The summed E-state index contributed by atoms with van der Waals surface area (Å²) in [6.07, 6.45) is 0.790. The van der Waals surface area contributed by atoms with Crippen LogP contribution >= 0.6 is 11.6 Å². The molecule has 29 heavy (non-hydrogen) atoms. The summed E-state index contributed by atoms with van der Waals surface area (Å²) >= 11 is 6.10. The van der Waals surface area contributed by atoms with E-state index in [-0.39, 0.29) is 5.76 Å². The highest BCUT2D eigenvalue weighted by Crippen LogP contribution is 2.33. The van der Waals surface area contributed by atoms with Gasteiger partial charge >= 0.3 is 5.97 Å². The number of benzene rings is 2. The quantitative estimate of drug-likeness (QED) is 0.637. The molecule has 0 unspecified atom stereocenters. The van der Waals surface area contributed by atoms with Crippen LogP contribution in [0.2, 0.25) is 5.02 Å². The van der Waals surface area contributed by atoms with Crippen molar-refractivity contribution in [1.29, 1.82) is 0 Å². The summed E-state index contributed by atoms with van der Waals surface area (Å²) in [4.78, 5) is 24.5. The third-order valence-corrected chi connectivity index (χ3v) is 4.76. The lowest BCUT2D eigenvalue weighted by Gasteiger charge is -2.10. The second kappa shape index (κ2) is 8.05. The number of fused-ring (bicyclic) bond motifs is 2. The van der Waals surface area contributed by atoms with E-state index < -0.39 is 18.5 Å². The maximum absolute atomic E-state index is 12.4. The molecule has 2 aromatic carbocycles. The second-order valence-corrected chi connectivity index (χ2v) is 6.92. The number of hydrogen-bond acceptors (Lipinski definition) is 6. The average molecular weight is 416 g/mol. The second-order valence-electron chi connectivity index (χ2n) is 6.51. The van der Waals surface area contributed by atoms with Crippen LogP contribution in [0.1, 0.15) is 22.5 Å². The van der Waals surface area contributed by atoms with E-state index in [0.717, 1.165) is 11.8 Å². The average Bonchev–Trinajstić information content (AvgIpc) is 2.89. The van der Waals surface area contributed by atoms with E-state index in [1.807, 2.05) is 0 Å². The number of esters is 1. The normalized spacial score (nSPS) is 13.0. The van der Waals surface area contributed by atoms with Gasteiger partial charge in [-0.05, 0) is 25.1 Å². The SMILES string of the molecule is Cc1c(C(=O)OCC(=O)Nc2ccc3c(c2)OCCCO3)oc2c(Cl)cccc12. The van der Waals surface area contributed by atoms with Gasteiger partial charge in [0.2, 0.25) is 5.76 Å². The van der Waals surface area contributed by atoms with E-state index in [1.165, 1.54) is 0 Å². The number of carbonyl (C=O) groups excluding carboxylic acids is 2. The largest absolute Gasteiger partial charge is 0.490 e. The van der Waals surface area contributed by atoms with Gasteiger partial charge in [-0.1, -0.05) is 23.7 Å². The fraction of sp³-hybridized carbons (Fsp3) is 0.238. The van der Waals surface area contributed by atoms with Crippen LogP contribution < -0.4 is 14.8 Å². The van der Waals surface area contributed by atoms with Crippen molar-refractivity contribution in [2.24, 2.45) is 0 Å². The van der Waals surface area contributed by atoms with E-state index >= 15 is 0 Å². The minimum absolute atomic E-state index is 0.0245. The summed E-state index contributed by atoms with van der Waals surface area (Å²) in [5, 5.41) is 3.79. The molecular formula is C21H18ClNO6. The molecule has 1 amide bonds. The molecule has 0 radical (unpaired) electrons. The first-order valence-electron chi connectivity index (χ1n) is 9.07. The highest BCUT2D eigenvalue weighted by molar-refractivity contribution is 6.35. The fourth-order valence-corrected chi connectivity index (χ4v) is 3.25. The topological polar surface area (TPSA) is 87.0 Å². The minimum atomic E-state index is -0.733. The lowest BCUT2D eigenvalue weighted by Crippen LogP contribution is -2.21. The molecule has 1 N–H and O–H groups in total. The zero-order valence-corrected chi connectivity index (χ0v) is 16.4. The highest BCUT2D eigenvalue weighted by Gasteiger charge is 2.21. The molecule has 7 nitrogen and oxygen atoms in total. The number of nitrogens with one attached hydrogen (secondary N) is 1. The molecule has 0 aliphatic carbocycles. The highest BCUT2D eigenvalue weighted by atomic mass is 35.5. The Morgan fingerprint density at radius 2 is 1.93 bits per heavy atom. The number of anilines is 1. The van der Waals surface area contributed by atoms with Crippen LogP contribution in [-0.2, 0) is 9.53 Å². The van der Waals surface area contributed by atoms with Gasteiger partial charge in [0.25, 0.3) is 5.91 Å². The molecule has 0 atom stereocenters. The van der Waals surface area contributed by atoms with Crippen molar-refractivity contribution >= 4 is 40.1 Å². The summed E-state index contributed by atoms with van der Waals surface area (Å²) in [7, 11) is 0. The van der Waals surface area contributed by atoms with Gasteiger partial charge in [0.15, 0.2) is 23.7 Å². The summed E-state index contributed by atoms with van der Waals surface area (Å²) in [6, 6.07) is 10.3. The molecule has 0 saturated heterocycles. The molecule has 1 aromatic heterocycles. The van der Waals surface area contributed by atoms with Crippen molar-refractivity contribution in [3.63, 3.8) is 0 Å². The van der Waals surface area contributed by atoms with E-state index in [9.17, 15) is 9.59 Å². The maximum Gasteiger partial charge on any atom is 0.375 e. The van der Waals surface area contributed by atoms with Gasteiger partial charge in [-0.25, -0.2) is 4.79 Å². The van der Waals surface area contributed by atoms with E-state index in [2.05, 4.69) is 5.32 Å². The summed E-state index contributed by atoms with van der Waals surface area (Å²) in [6.45, 7) is 2.40. The number of halogens is 1. The first-order valence-corrected chi connectivity index (χ1v) is 9.45. The Labute approximate surface area is 171 Å². The lowest BCUT2D eigenvalue weighted by atomic mass is 10.1. The van der Waals surface area contributed by atoms with Crippen LogP contribution in [-0.4, -0.2) is 31.7 Å². The Morgan fingerprint density at radius 3 is 2.72 bits per heavy atom. The molecule has 0 spiro atoms. The van der Waals surface area contributed by atoms with Gasteiger partial charge < -0.3 is 23.9 Å². The van der Waals surface area contributed by atoms with Gasteiger partial charge in [-0.3, -0.25) is 4.79 Å². The number of furan rings is 1. The van der Waals surface area contributed by atoms with Crippen molar-refractivity contribution in [3.05, 3.63) is 52.7 Å². The van der Waals surface area contributed by atoms with E-state index in [4.69, 9.17) is 30.2 Å². The molecule has 2 heterocycles. The van der Waals surface area contributed by atoms with Gasteiger partial charge in [0, 0.05) is 29.1 Å². The smallest absolute Gasteiger partial charge is 0.375 e. The van der Waals surface area contributed by atoms with Crippen molar-refractivity contribution in [2.45, 2.75) is 13.3 Å². The number of para-hydroxylation sites is 1. The zero-order chi connectivity index (χ0) is 20.4. The maximum atomic E-state index is 12.4. The van der Waals surface area contributed by atoms with Crippen LogP contribution in [0.5, 0.6) is 11.5 Å². The standard InChI is InChI=1S/C21H18ClNO6/c1-12-14-4-2-5-15(22)20(14)29-19(12)21(25)28-11-18(24)23-13-6-7-16-17(10-13)27-9-3-8-26-16/h2,4-7,10H,3,8-9,11H2,1H3,(H,23,24). The molecular weight excluding hydrogens is 398 g/mol. The predicted molar refractivity (Wildman–Crippen MR) is 107 cm³/mol. The Hall–Kier alpha value is -3.19. The first kappa shape index (κ1) is 19.1. The van der Waals surface area contributed by atoms with Crippen LogP contribution in [0, 0.1) is 6.92 Å². The molecule has 0 fully saturated rings. The van der Waals surface area contributed by atoms with Crippen LogP contribution in [0.15, 0.2) is 40.8 Å². The molecule has 1 aliphatic heterocycles. The zero-order valence-electron chi connectivity index (χ0n) is 15.6. The molecule has 3 aromatic rings. The number of ether oxygens (including phenoxy) is 3. The van der Waals surface area contributed by atoms with Crippen LogP contribution in [0.3, 0.4) is 0 Å². The summed E-state index contributed by atoms with van der Waals surface area (Å²) in [5.74, 6) is -0.00211. The lowest BCUT2D eigenvalue weighted by molar-refractivity contribution is -0.119. The van der Waals surface area contributed by atoms with Gasteiger partial charge in [0.05, 0.1) is 18.2 Å². The number of aryl methyl sites for hydroxylation is 1. The van der Waals surface area contributed by atoms with Crippen molar-refractivity contribution < 1.29 is 28.2 Å². The summed E-state index contributed by atoms with van der Waals surface area (Å²) in [5.41, 5.74) is 1.54. The molecule has 1 aliphatic rings. The Kier molecular flexibility index (Phi) is 5.31. The molecule has 150 valence electrons. The monoisotopic (exact) mass is 415 g/mol. The van der Waals surface area contributed by atoms with Crippen molar-refractivity contribution in [3.8, 4) is 11.5 Å². The van der Waals surface area contributed by atoms with Crippen molar-refractivity contribution in [1.82, 2.24) is 0 Å². The Morgan fingerprint density at radius 1 is 1.14 bits per heavy atom. The van der Waals surface area contributed by atoms with E-state index in [1.54, 1.807) is 43.3 Å². The van der Waals surface area contributed by atoms with Gasteiger partial charge in [-0.15, -0.1) is 0 Å². The Bertz CT molecular complexity index is 1090. The molecule has 0 bridgehead atoms. The first-order chi connectivity index (χ1) is 14.0. The van der Waals surface area contributed by atoms with Crippen LogP contribution in [0.4, 0.5) is 5.69 Å². The number of rotatable bonds is 4. The van der Waals surface area contributed by atoms with E-state index in [0.29, 0.717) is 46.6 Å². The minimum Gasteiger partial charge on any atom is -0.490 e. The molecule has 8 heteroatoms. The third kappa shape index (κ3) is 4.00. The predicted octanol–water partition coefficient (Wildman–Crippen LogP) is 4.35. The number of amides is 1. The van der Waals surface area contributed by atoms with Crippen LogP contribution in [0.25, 0.3) is 11.0 Å². The molecule has 0 saturated carbocycles. The van der Waals surface area contributed by atoms with Gasteiger partial charge in [-0.2, -0.15) is 0 Å². The van der Waals surface area contributed by atoms with Gasteiger partial charge in [0.1, 0.15) is 0 Å². The number of carbonyl (C=O) groups is 2. The Balaban J connectivity index is 1.40. The molecule has 4 rings (SSSR count). The number of hydrogen-bond donors (Lipinski definition) is 1. The summed E-state index contributed by atoms with van der Waals surface area (Å²) < 4.78 is 21.8. The third-order valence-electron chi connectivity index (χ3n) is 4.47. The van der Waals surface area contributed by atoms with Crippen molar-refractivity contribution in [2.75, 3.05) is 25.1 Å².